The fourth-order valence-electron chi connectivity index (χ4n) is 3.23. The molecule has 1 amide bonds. The molecule has 1 unspecified atom stereocenters. The highest BCUT2D eigenvalue weighted by molar-refractivity contribution is 6.03. The highest BCUT2D eigenvalue weighted by Gasteiger charge is 2.27. The molecule has 5 heteroatoms. The second-order valence-electron chi connectivity index (χ2n) is 7.34. The van der Waals surface area contributed by atoms with Crippen LogP contribution in [-0.4, -0.2) is 27.6 Å². The van der Waals surface area contributed by atoms with Crippen molar-refractivity contribution in [3.05, 3.63) is 47.7 Å². The molecule has 26 heavy (non-hydrogen) atoms. The number of aryl methyl sites for hydroxylation is 1. The Morgan fingerprint density at radius 1 is 1.27 bits per heavy atom. The van der Waals surface area contributed by atoms with Crippen LogP contribution in [0, 0.1) is 12.8 Å². The number of fused-ring (bicyclic) bond motifs is 1. The van der Waals surface area contributed by atoms with Crippen molar-refractivity contribution in [1.29, 1.82) is 0 Å². The van der Waals surface area contributed by atoms with E-state index in [2.05, 4.69) is 37.9 Å². The van der Waals surface area contributed by atoms with Gasteiger partial charge in [-0.15, -0.1) is 6.58 Å². The quantitative estimate of drug-likeness (QED) is 0.734. The average molecular weight is 356 g/mol. The van der Waals surface area contributed by atoms with Crippen LogP contribution in [0.15, 0.2) is 30.9 Å². The molecule has 2 rings (SSSR count). The molecule has 5 nitrogen and oxygen atoms in total. The minimum atomic E-state index is -1.03. The van der Waals surface area contributed by atoms with Gasteiger partial charge in [-0.1, -0.05) is 39.8 Å². The number of nitrogens with one attached hydrogen (secondary N) is 1. The van der Waals surface area contributed by atoms with E-state index in [4.69, 9.17) is 0 Å². The normalized spacial score (nSPS) is 12.6. The van der Waals surface area contributed by atoms with E-state index < -0.39 is 12.0 Å². The van der Waals surface area contributed by atoms with Gasteiger partial charge in [-0.3, -0.25) is 4.79 Å². The van der Waals surface area contributed by atoms with Crippen molar-refractivity contribution in [2.24, 2.45) is 5.92 Å². The van der Waals surface area contributed by atoms with Crippen LogP contribution >= 0.6 is 0 Å². The Balaban J connectivity index is 2.59. The Kier molecular flexibility index (Phi) is 5.90. The van der Waals surface area contributed by atoms with Crippen LogP contribution in [0.1, 0.15) is 55.2 Å². The molecule has 0 fully saturated rings. The summed E-state index contributed by atoms with van der Waals surface area (Å²) >= 11 is 0. The van der Waals surface area contributed by atoms with Gasteiger partial charge in [0.05, 0.1) is 0 Å². The van der Waals surface area contributed by atoms with Crippen molar-refractivity contribution in [3.63, 3.8) is 0 Å². The second-order valence-corrected chi connectivity index (χ2v) is 7.34. The molecule has 2 N–H and O–H groups in total. The Labute approximate surface area is 154 Å². The molecule has 0 aliphatic rings. The van der Waals surface area contributed by atoms with Crippen LogP contribution < -0.4 is 5.32 Å². The van der Waals surface area contributed by atoms with Gasteiger partial charge in [-0.05, 0) is 42.0 Å². The number of hydrogen-bond acceptors (Lipinski definition) is 2. The minimum absolute atomic E-state index is 0.207. The van der Waals surface area contributed by atoms with Gasteiger partial charge in [0, 0.05) is 17.4 Å². The number of aliphatic carboxylic acids is 1. The van der Waals surface area contributed by atoms with Crippen LogP contribution in [0.4, 0.5) is 0 Å². The maximum atomic E-state index is 12.9. The van der Waals surface area contributed by atoms with Gasteiger partial charge < -0.3 is 15.0 Å². The van der Waals surface area contributed by atoms with Gasteiger partial charge in [-0.25, -0.2) is 4.79 Å². The van der Waals surface area contributed by atoms with Gasteiger partial charge in [0.25, 0.3) is 5.91 Å². The molecule has 1 atom stereocenters. The number of carbonyl (C=O) groups is 2. The number of carboxylic acid groups (broad SMARTS) is 1. The topological polar surface area (TPSA) is 71.3 Å². The first-order chi connectivity index (χ1) is 12.2. The molecular formula is C21H28N2O3. The molecule has 1 aromatic carbocycles. The number of carbonyl (C=O) groups excluding carboxylic acids is 1. The molecule has 0 aliphatic carbocycles. The Bertz CT molecular complexity index is 847. The Hall–Kier alpha value is -2.56. The molecule has 1 heterocycles. The third-order valence-electron chi connectivity index (χ3n) is 4.75. The third kappa shape index (κ3) is 3.66. The smallest absolute Gasteiger partial charge is 0.326 e. The predicted octanol–water partition coefficient (Wildman–Crippen LogP) is 4.10. The predicted molar refractivity (Wildman–Crippen MR) is 105 cm³/mol. The first kappa shape index (κ1) is 19.8. The lowest BCUT2D eigenvalue weighted by molar-refractivity contribution is -0.140. The summed E-state index contributed by atoms with van der Waals surface area (Å²) in [7, 11) is 0. The van der Waals surface area contributed by atoms with Crippen molar-refractivity contribution in [2.45, 2.75) is 53.1 Å². The third-order valence-corrected chi connectivity index (χ3v) is 4.75. The molecule has 0 saturated heterocycles. The number of amides is 1. The SMILES string of the molecule is C=CCn1c(C(=O)NC(C(=O)O)C(C)C)c(C)c2cc(C(C)C)ccc21. The maximum Gasteiger partial charge on any atom is 0.326 e. The molecule has 140 valence electrons. The van der Waals surface area contributed by atoms with Crippen LogP contribution in [0.3, 0.4) is 0 Å². The number of nitrogens with zero attached hydrogens (tertiary/aromatic N) is 1. The lowest BCUT2D eigenvalue weighted by Gasteiger charge is -2.19. The molecule has 0 saturated carbocycles. The molecule has 0 aliphatic heterocycles. The standard InChI is InChI=1S/C21H28N2O3/c1-7-10-23-17-9-8-15(12(2)3)11-16(17)14(6)19(23)20(24)22-18(13(4)5)21(25)26/h7-9,11-13,18H,1,10H2,2-6H3,(H,22,24)(H,25,26). The monoisotopic (exact) mass is 356 g/mol. The summed E-state index contributed by atoms with van der Waals surface area (Å²) < 4.78 is 1.90. The van der Waals surface area contributed by atoms with E-state index in [1.165, 1.54) is 5.56 Å². The first-order valence-corrected chi connectivity index (χ1v) is 8.96. The number of carboxylic acids is 1. The minimum Gasteiger partial charge on any atom is -0.480 e. The van der Waals surface area contributed by atoms with Gasteiger partial charge in [-0.2, -0.15) is 0 Å². The number of allylic oxidation sites excluding steroid dienone is 1. The lowest BCUT2D eigenvalue weighted by Crippen LogP contribution is -2.45. The Morgan fingerprint density at radius 3 is 2.42 bits per heavy atom. The average Bonchev–Trinajstić information content (AvgIpc) is 2.84. The fraction of sp³-hybridized carbons (Fsp3) is 0.429. The number of aromatic nitrogens is 1. The summed E-state index contributed by atoms with van der Waals surface area (Å²) in [5, 5.41) is 13.1. The van der Waals surface area contributed by atoms with Crippen molar-refractivity contribution >= 4 is 22.8 Å². The molecule has 0 spiro atoms. The largest absolute Gasteiger partial charge is 0.480 e. The summed E-state index contributed by atoms with van der Waals surface area (Å²) in [5.74, 6) is -1.22. The first-order valence-electron chi connectivity index (χ1n) is 8.96. The van der Waals surface area contributed by atoms with Crippen molar-refractivity contribution in [1.82, 2.24) is 9.88 Å². The van der Waals surface area contributed by atoms with E-state index in [0.29, 0.717) is 18.2 Å². The van der Waals surface area contributed by atoms with E-state index in [9.17, 15) is 14.7 Å². The van der Waals surface area contributed by atoms with Gasteiger partial charge in [0.1, 0.15) is 11.7 Å². The summed E-state index contributed by atoms with van der Waals surface area (Å²) in [6, 6.07) is 5.28. The summed E-state index contributed by atoms with van der Waals surface area (Å²) in [6.07, 6.45) is 1.74. The fourth-order valence-corrected chi connectivity index (χ4v) is 3.23. The van der Waals surface area contributed by atoms with Crippen LogP contribution in [0.2, 0.25) is 0 Å². The molecule has 2 aromatic rings. The van der Waals surface area contributed by atoms with E-state index >= 15 is 0 Å². The van der Waals surface area contributed by atoms with Gasteiger partial charge in [0.2, 0.25) is 0 Å². The summed E-state index contributed by atoms with van der Waals surface area (Å²) in [4.78, 5) is 24.4. The number of hydrogen-bond donors (Lipinski definition) is 2. The van der Waals surface area contributed by atoms with Gasteiger partial charge >= 0.3 is 5.97 Å². The van der Waals surface area contributed by atoms with E-state index in [1.807, 2.05) is 17.6 Å². The maximum absolute atomic E-state index is 12.9. The molecule has 0 bridgehead atoms. The Morgan fingerprint density at radius 2 is 1.92 bits per heavy atom. The lowest BCUT2D eigenvalue weighted by atomic mass is 10.0. The summed E-state index contributed by atoms with van der Waals surface area (Å²) in [5.41, 5.74) is 3.50. The van der Waals surface area contributed by atoms with Crippen molar-refractivity contribution in [2.75, 3.05) is 0 Å². The second kappa shape index (κ2) is 7.77. The summed E-state index contributed by atoms with van der Waals surface area (Å²) in [6.45, 7) is 14.0. The molecule has 0 radical (unpaired) electrons. The molecule has 1 aromatic heterocycles. The van der Waals surface area contributed by atoms with Crippen molar-refractivity contribution in [3.8, 4) is 0 Å². The van der Waals surface area contributed by atoms with Crippen LogP contribution in [0.5, 0.6) is 0 Å². The van der Waals surface area contributed by atoms with Crippen molar-refractivity contribution < 1.29 is 14.7 Å². The molecular weight excluding hydrogens is 328 g/mol. The number of benzene rings is 1. The van der Waals surface area contributed by atoms with E-state index in [1.54, 1.807) is 19.9 Å². The highest BCUT2D eigenvalue weighted by Crippen LogP contribution is 2.29. The van der Waals surface area contributed by atoms with E-state index in [-0.39, 0.29) is 11.8 Å². The zero-order chi connectivity index (χ0) is 19.6. The highest BCUT2D eigenvalue weighted by atomic mass is 16.4. The zero-order valence-electron chi connectivity index (χ0n) is 16.2. The van der Waals surface area contributed by atoms with Crippen LogP contribution in [0.25, 0.3) is 10.9 Å². The van der Waals surface area contributed by atoms with E-state index in [0.717, 1.165) is 16.5 Å². The van der Waals surface area contributed by atoms with Gasteiger partial charge in [0.15, 0.2) is 0 Å². The number of rotatable bonds is 7. The zero-order valence-corrected chi connectivity index (χ0v) is 16.2. The van der Waals surface area contributed by atoms with Crippen LogP contribution in [-0.2, 0) is 11.3 Å².